The molecule has 0 spiro atoms. The second-order valence-electron chi connectivity index (χ2n) is 3.58. The molecule has 0 bridgehead atoms. The van der Waals surface area contributed by atoms with Crippen LogP contribution in [0.4, 0.5) is 0 Å². The highest BCUT2D eigenvalue weighted by Crippen LogP contribution is 2.10. The smallest absolute Gasteiger partial charge is 0.120 e. The van der Waals surface area contributed by atoms with E-state index < -0.39 is 0 Å². The summed E-state index contributed by atoms with van der Waals surface area (Å²) in [6.45, 7) is 2.70. The van der Waals surface area contributed by atoms with Gasteiger partial charge in [0.1, 0.15) is 11.8 Å². The molecule has 0 fully saturated rings. The van der Waals surface area contributed by atoms with Gasteiger partial charge in [0.2, 0.25) is 0 Å². The van der Waals surface area contributed by atoms with Crippen LogP contribution in [0.2, 0.25) is 0 Å². The number of nitriles is 1. The fourth-order valence-electron chi connectivity index (χ4n) is 1.61. The fraction of sp³-hybridized carbons (Fsp3) is 0.273. The van der Waals surface area contributed by atoms with E-state index in [9.17, 15) is 0 Å². The summed E-state index contributed by atoms with van der Waals surface area (Å²) in [5.74, 6) is 0. The molecular weight excluding hydrogens is 188 g/mol. The zero-order valence-corrected chi connectivity index (χ0v) is 8.81. The van der Waals surface area contributed by atoms with Crippen molar-refractivity contribution in [1.82, 2.24) is 14.3 Å². The molecule has 15 heavy (non-hydrogen) atoms. The maximum atomic E-state index is 8.92. The van der Waals surface area contributed by atoms with Crippen molar-refractivity contribution in [2.45, 2.75) is 13.5 Å². The standard InChI is InChI=1S/C11H12N4/c1-9-3-4-11(5-12)15(9)8-10-6-13-14(2)7-10/h3-4,6-7H,8H2,1-2H3. The van der Waals surface area contributed by atoms with Crippen LogP contribution in [0.3, 0.4) is 0 Å². The first kappa shape index (κ1) is 9.53. The monoisotopic (exact) mass is 200 g/mol. The van der Waals surface area contributed by atoms with Crippen molar-refractivity contribution >= 4 is 0 Å². The van der Waals surface area contributed by atoms with Crippen LogP contribution < -0.4 is 0 Å². The molecule has 2 heterocycles. The highest BCUT2D eigenvalue weighted by Gasteiger charge is 2.05. The number of aromatic nitrogens is 3. The van der Waals surface area contributed by atoms with Gasteiger partial charge < -0.3 is 4.57 Å². The average molecular weight is 200 g/mol. The molecule has 4 nitrogen and oxygen atoms in total. The van der Waals surface area contributed by atoms with E-state index in [0.717, 1.165) is 11.3 Å². The number of rotatable bonds is 2. The normalized spacial score (nSPS) is 10.2. The lowest BCUT2D eigenvalue weighted by atomic mass is 10.3. The van der Waals surface area contributed by atoms with Gasteiger partial charge in [-0.1, -0.05) is 0 Å². The Morgan fingerprint density at radius 3 is 2.87 bits per heavy atom. The minimum atomic E-state index is 0.691. The van der Waals surface area contributed by atoms with Gasteiger partial charge in [0.05, 0.1) is 12.7 Å². The van der Waals surface area contributed by atoms with Crippen LogP contribution >= 0.6 is 0 Å². The van der Waals surface area contributed by atoms with Crippen molar-refractivity contribution in [3.05, 3.63) is 41.5 Å². The van der Waals surface area contributed by atoms with Gasteiger partial charge in [0.15, 0.2) is 0 Å². The quantitative estimate of drug-likeness (QED) is 0.736. The Labute approximate surface area is 88.4 Å². The van der Waals surface area contributed by atoms with E-state index in [0.29, 0.717) is 12.2 Å². The lowest BCUT2D eigenvalue weighted by Gasteiger charge is -2.05. The minimum absolute atomic E-state index is 0.691. The van der Waals surface area contributed by atoms with Gasteiger partial charge in [-0.2, -0.15) is 10.4 Å². The molecule has 0 saturated carbocycles. The van der Waals surface area contributed by atoms with Crippen molar-refractivity contribution in [3.8, 4) is 6.07 Å². The number of nitrogens with zero attached hydrogens (tertiary/aromatic N) is 4. The van der Waals surface area contributed by atoms with E-state index in [1.807, 2.05) is 43.1 Å². The number of aryl methyl sites for hydroxylation is 2. The third-order valence-corrected chi connectivity index (χ3v) is 2.41. The van der Waals surface area contributed by atoms with Crippen LogP contribution in [0.1, 0.15) is 17.0 Å². The summed E-state index contributed by atoms with van der Waals surface area (Å²) in [4.78, 5) is 0. The van der Waals surface area contributed by atoms with Crippen molar-refractivity contribution in [2.75, 3.05) is 0 Å². The molecular formula is C11H12N4. The molecule has 76 valence electrons. The molecule has 2 aromatic heterocycles. The van der Waals surface area contributed by atoms with Crippen molar-refractivity contribution < 1.29 is 0 Å². The third-order valence-electron chi connectivity index (χ3n) is 2.41. The van der Waals surface area contributed by atoms with E-state index in [-0.39, 0.29) is 0 Å². The fourth-order valence-corrected chi connectivity index (χ4v) is 1.61. The zero-order valence-electron chi connectivity index (χ0n) is 8.81. The molecule has 0 aliphatic carbocycles. The molecule has 0 N–H and O–H groups in total. The second-order valence-corrected chi connectivity index (χ2v) is 3.58. The highest BCUT2D eigenvalue weighted by atomic mass is 15.2. The zero-order chi connectivity index (χ0) is 10.8. The Bertz CT molecular complexity index is 513. The lowest BCUT2D eigenvalue weighted by Crippen LogP contribution is -2.03. The molecule has 0 amide bonds. The Morgan fingerprint density at radius 2 is 2.27 bits per heavy atom. The minimum Gasteiger partial charge on any atom is -0.332 e. The second kappa shape index (κ2) is 3.62. The van der Waals surface area contributed by atoms with E-state index in [4.69, 9.17) is 5.26 Å². The molecule has 2 aromatic rings. The van der Waals surface area contributed by atoms with Gasteiger partial charge in [-0.15, -0.1) is 0 Å². The molecule has 0 aliphatic heterocycles. The first-order valence-electron chi connectivity index (χ1n) is 4.74. The summed E-state index contributed by atoms with van der Waals surface area (Å²) in [5, 5.41) is 13.0. The summed E-state index contributed by atoms with van der Waals surface area (Å²) in [6, 6.07) is 5.97. The Balaban J connectivity index is 2.32. The highest BCUT2D eigenvalue weighted by molar-refractivity contribution is 5.27. The summed E-state index contributed by atoms with van der Waals surface area (Å²) in [7, 11) is 1.89. The van der Waals surface area contributed by atoms with Gasteiger partial charge in [-0.25, -0.2) is 0 Å². The predicted octanol–water partition coefficient (Wildman–Crippen LogP) is 1.45. The van der Waals surface area contributed by atoms with E-state index in [2.05, 4.69) is 11.2 Å². The van der Waals surface area contributed by atoms with Gasteiger partial charge >= 0.3 is 0 Å². The molecule has 0 aliphatic rings. The third kappa shape index (κ3) is 1.77. The average Bonchev–Trinajstić information content (AvgIpc) is 2.76. The maximum Gasteiger partial charge on any atom is 0.120 e. The Morgan fingerprint density at radius 1 is 1.47 bits per heavy atom. The molecule has 0 radical (unpaired) electrons. The Hall–Kier alpha value is -2.02. The van der Waals surface area contributed by atoms with Gasteiger partial charge in [0.25, 0.3) is 0 Å². The molecule has 4 heteroatoms. The van der Waals surface area contributed by atoms with Gasteiger partial charge in [0, 0.05) is 24.5 Å². The van der Waals surface area contributed by atoms with E-state index in [1.54, 1.807) is 4.68 Å². The van der Waals surface area contributed by atoms with Crippen LogP contribution in [0.15, 0.2) is 24.5 Å². The first-order valence-corrected chi connectivity index (χ1v) is 4.74. The molecule has 0 unspecified atom stereocenters. The molecule has 2 rings (SSSR count). The summed E-state index contributed by atoms with van der Waals surface area (Å²) < 4.78 is 3.75. The van der Waals surface area contributed by atoms with Crippen molar-refractivity contribution in [1.29, 1.82) is 5.26 Å². The number of hydrogen-bond acceptors (Lipinski definition) is 2. The number of hydrogen-bond donors (Lipinski definition) is 0. The largest absolute Gasteiger partial charge is 0.332 e. The van der Waals surface area contributed by atoms with Gasteiger partial charge in [-0.3, -0.25) is 4.68 Å². The SMILES string of the molecule is Cc1ccc(C#N)n1Cc1cnn(C)c1. The van der Waals surface area contributed by atoms with E-state index in [1.165, 1.54) is 0 Å². The van der Waals surface area contributed by atoms with Crippen LogP contribution in [-0.4, -0.2) is 14.3 Å². The molecule has 0 saturated heterocycles. The van der Waals surface area contributed by atoms with Crippen molar-refractivity contribution in [2.24, 2.45) is 7.05 Å². The predicted molar refractivity (Wildman–Crippen MR) is 56.2 cm³/mol. The Kier molecular flexibility index (Phi) is 2.30. The van der Waals surface area contributed by atoms with Crippen LogP contribution in [0, 0.1) is 18.3 Å². The first-order chi connectivity index (χ1) is 7.20. The lowest BCUT2D eigenvalue weighted by molar-refractivity contribution is 0.753. The van der Waals surface area contributed by atoms with Crippen LogP contribution in [0.25, 0.3) is 0 Å². The van der Waals surface area contributed by atoms with Crippen LogP contribution in [-0.2, 0) is 13.6 Å². The molecule has 0 aromatic carbocycles. The summed E-state index contributed by atoms with van der Waals surface area (Å²) in [6.07, 6.45) is 3.78. The maximum absolute atomic E-state index is 8.92. The van der Waals surface area contributed by atoms with E-state index >= 15 is 0 Å². The molecule has 0 atom stereocenters. The summed E-state index contributed by atoms with van der Waals surface area (Å²) >= 11 is 0. The van der Waals surface area contributed by atoms with Crippen molar-refractivity contribution in [3.63, 3.8) is 0 Å². The summed E-state index contributed by atoms with van der Waals surface area (Å²) in [5.41, 5.74) is 2.89. The van der Waals surface area contributed by atoms with Crippen LogP contribution in [0.5, 0.6) is 0 Å². The topological polar surface area (TPSA) is 46.5 Å². The van der Waals surface area contributed by atoms with Gasteiger partial charge in [-0.05, 0) is 19.1 Å².